The van der Waals surface area contributed by atoms with Gasteiger partial charge in [-0.25, -0.2) is 0 Å². The summed E-state index contributed by atoms with van der Waals surface area (Å²) in [6, 6.07) is 0.724. The molecule has 112 valence electrons. The lowest BCUT2D eigenvalue weighted by atomic mass is 9.69. The summed E-state index contributed by atoms with van der Waals surface area (Å²) in [5, 5.41) is 11.0. The van der Waals surface area contributed by atoms with Gasteiger partial charge >= 0.3 is 0 Å². The van der Waals surface area contributed by atoms with Crippen LogP contribution in [0.1, 0.15) is 57.7 Å². The normalized spacial score (nSPS) is 34.8. The van der Waals surface area contributed by atoms with Crippen LogP contribution in [0.25, 0.3) is 0 Å². The van der Waals surface area contributed by atoms with Crippen molar-refractivity contribution in [2.45, 2.75) is 65.8 Å². The van der Waals surface area contributed by atoms with E-state index in [0.29, 0.717) is 10.8 Å². The zero-order valence-corrected chi connectivity index (χ0v) is 13.4. The van der Waals surface area contributed by atoms with Crippen molar-refractivity contribution in [1.82, 2.24) is 15.5 Å². The predicted octanol–water partition coefficient (Wildman–Crippen LogP) is 3.46. The maximum absolute atomic E-state index is 4.09. The number of H-pyrrole nitrogens is 1. The molecule has 2 aliphatic carbocycles. The van der Waals surface area contributed by atoms with E-state index < -0.39 is 0 Å². The Balaban J connectivity index is 1.50. The third-order valence-electron chi connectivity index (χ3n) is 6.74. The van der Waals surface area contributed by atoms with Gasteiger partial charge < -0.3 is 5.32 Å². The Morgan fingerprint density at radius 3 is 2.75 bits per heavy atom. The number of rotatable bonds is 5. The molecule has 2 bridgehead atoms. The highest BCUT2D eigenvalue weighted by Gasteiger charge is 2.60. The summed E-state index contributed by atoms with van der Waals surface area (Å²) in [6.07, 6.45) is 8.54. The maximum Gasteiger partial charge on any atom is 0.0522 e. The lowest BCUT2D eigenvalue weighted by Crippen LogP contribution is -2.44. The number of nitrogens with zero attached hydrogens (tertiary/aromatic N) is 1. The van der Waals surface area contributed by atoms with Crippen LogP contribution in [0, 0.1) is 23.7 Å². The quantitative estimate of drug-likeness (QED) is 0.808. The molecule has 0 aliphatic heterocycles. The molecule has 3 rings (SSSR count). The Bertz CT molecular complexity index is 476. The van der Waals surface area contributed by atoms with E-state index in [9.17, 15) is 0 Å². The molecule has 0 saturated heterocycles. The van der Waals surface area contributed by atoms with Crippen LogP contribution in [0.15, 0.2) is 6.20 Å². The van der Waals surface area contributed by atoms with Gasteiger partial charge in [0.2, 0.25) is 0 Å². The second-order valence-corrected chi connectivity index (χ2v) is 7.74. The van der Waals surface area contributed by atoms with E-state index in [4.69, 9.17) is 0 Å². The van der Waals surface area contributed by atoms with E-state index in [1.807, 2.05) is 6.20 Å². The Labute approximate surface area is 122 Å². The number of fused-ring (bicyclic) bond motifs is 2. The van der Waals surface area contributed by atoms with Gasteiger partial charge in [0, 0.05) is 11.7 Å². The van der Waals surface area contributed by atoms with Crippen molar-refractivity contribution in [3.05, 3.63) is 17.5 Å². The van der Waals surface area contributed by atoms with Crippen molar-refractivity contribution < 1.29 is 0 Å². The van der Waals surface area contributed by atoms with Gasteiger partial charge in [-0.1, -0.05) is 20.8 Å². The highest BCUT2D eigenvalue weighted by Crippen LogP contribution is 2.65. The summed E-state index contributed by atoms with van der Waals surface area (Å²) in [5.41, 5.74) is 3.61. The number of aromatic nitrogens is 2. The number of aromatic amines is 1. The molecule has 3 heteroatoms. The highest BCUT2D eigenvalue weighted by atomic mass is 15.1. The average molecular weight is 275 g/mol. The summed E-state index contributed by atoms with van der Waals surface area (Å²) in [5.74, 6) is 0.932. The molecule has 0 aromatic carbocycles. The van der Waals surface area contributed by atoms with Gasteiger partial charge in [-0.3, -0.25) is 5.10 Å². The molecule has 3 atom stereocenters. The molecule has 2 N–H and O–H groups in total. The minimum Gasteiger partial charge on any atom is -0.313 e. The Kier molecular flexibility index (Phi) is 3.44. The monoisotopic (exact) mass is 275 g/mol. The molecule has 1 aromatic rings. The van der Waals surface area contributed by atoms with E-state index in [2.05, 4.69) is 43.2 Å². The predicted molar refractivity (Wildman–Crippen MR) is 82.7 cm³/mol. The van der Waals surface area contributed by atoms with Crippen LogP contribution in [0.2, 0.25) is 0 Å². The molecule has 3 nitrogen and oxygen atoms in total. The zero-order valence-electron chi connectivity index (χ0n) is 13.4. The van der Waals surface area contributed by atoms with Crippen molar-refractivity contribution in [3.8, 4) is 0 Å². The van der Waals surface area contributed by atoms with E-state index in [1.165, 1.54) is 36.9 Å². The van der Waals surface area contributed by atoms with Crippen molar-refractivity contribution >= 4 is 0 Å². The molecular weight excluding hydrogens is 246 g/mol. The van der Waals surface area contributed by atoms with Gasteiger partial charge in [-0.15, -0.1) is 0 Å². The Morgan fingerprint density at radius 2 is 2.20 bits per heavy atom. The van der Waals surface area contributed by atoms with E-state index in [-0.39, 0.29) is 0 Å². The summed E-state index contributed by atoms with van der Waals surface area (Å²) < 4.78 is 0. The van der Waals surface area contributed by atoms with Gasteiger partial charge in [0.1, 0.15) is 0 Å². The maximum atomic E-state index is 4.09. The lowest BCUT2D eigenvalue weighted by Gasteiger charge is -2.39. The molecule has 0 amide bonds. The van der Waals surface area contributed by atoms with Gasteiger partial charge in [0.05, 0.1) is 6.20 Å². The fourth-order valence-corrected chi connectivity index (χ4v) is 4.70. The summed E-state index contributed by atoms with van der Waals surface area (Å²) in [4.78, 5) is 0. The largest absolute Gasteiger partial charge is 0.313 e. The van der Waals surface area contributed by atoms with Crippen LogP contribution in [0.5, 0.6) is 0 Å². The van der Waals surface area contributed by atoms with Crippen molar-refractivity contribution in [3.63, 3.8) is 0 Å². The Hall–Kier alpha value is -0.830. The molecule has 0 spiro atoms. The average Bonchev–Trinajstić information content (AvgIpc) is 2.95. The molecule has 1 heterocycles. The Morgan fingerprint density at radius 1 is 1.40 bits per heavy atom. The highest BCUT2D eigenvalue weighted by molar-refractivity contribution is 5.15. The lowest BCUT2D eigenvalue weighted by molar-refractivity contribution is 0.121. The first-order valence-electron chi connectivity index (χ1n) is 8.17. The molecule has 0 radical (unpaired) electrons. The summed E-state index contributed by atoms with van der Waals surface area (Å²) in [7, 11) is 0. The molecule has 20 heavy (non-hydrogen) atoms. The van der Waals surface area contributed by atoms with Gasteiger partial charge in [0.15, 0.2) is 0 Å². The van der Waals surface area contributed by atoms with Crippen LogP contribution in [0.4, 0.5) is 0 Å². The van der Waals surface area contributed by atoms with Gasteiger partial charge in [-0.05, 0) is 67.9 Å². The number of hydrogen-bond donors (Lipinski definition) is 2. The molecule has 2 aliphatic rings. The molecule has 3 unspecified atom stereocenters. The van der Waals surface area contributed by atoms with Crippen LogP contribution in [-0.4, -0.2) is 22.8 Å². The van der Waals surface area contributed by atoms with Gasteiger partial charge in [0.25, 0.3) is 0 Å². The third kappa shape index (κ3) is 2.02. The smallest absolute Gasteiger partial charge is 0.0522 e. The topological polar surface area (TPSA) is 40.7 Å². The fraction of sp³-hybridized carbons (Fsp3) is 0.824. The fourth-order valence-electron chi connectivity index (χ4n) is 4.70. The third-order valence-corrected chi connectivity index (χ3v) is 6.74. The van der Waals surface area contributed by atoms with Crippen LogP contribution in [0.3, 0.4) is 0 Å². The number of nitrogens with one attached hydrogen (secondary N) is 2. The molecular formula is C17H29N3. The number of hydrogen-bond acceptors (Lipinski definition) is 2. The van der Waals surface area contributed by atoms with E-state index >= 15 is 0 Å². The number of aryl methyl sites for hydroxylation is 2. The first kappa shape index (κ1) is 14.1. The zero-order chi connectivity index (χ0) is 14.4. The first-order chi connectivity index (χ1) is 9.45. The van der Waals surface area contributed by atoms with Crippen molar-refractivity contribution in [2.75, 3.05) is 6.54 Å². The molecule has 2 fully saturated rings. The summed E-state index contributed by atoms with van der Waals surface area (Å²) >= 11 is 0. The van der Waals surface area contributed by atoms with Crippen LogP contribution >= 0.6 is 0 Å². The SMILES string of the molecule is Cc1[nH]ncc1CCCNC1CC2CCC1(C)C2(C)C. The minimum absolute atomic E-state index is 0.503. The molecule has 1 aromatic heterocycles. The van der Waals surface area contributed by atoms with Crippen LogP contribution < -0.4 is 5.32 Å². The summed E-state index contributed by atoms with van der Waals surface area (Å²) in [6.45, 7) is 10.7. The van der Waals surface area contributed by atoms with E-state index in [1.54, 1.807) is 0 Å². The first-order valence-corrected chi connectivity index (χ1v) is 8.17. The van der Waals surface area contributed by atoms with Gasteiger partial charge in [-0.2, -0.15) is 5.10 Å². The van der Waals surface area contributed by atoms with Crippen LogP contribution in [-0.2, 0) is 6.42 Å². The molecule has 2 saturated carbocycles. The minimum atomic E-state index is 0.503. The standard InChI is InChI=1S/C17H29N3/c1-12-13(11-19-20-12)6-5-9-18-15-10-14-7-8-17(15,4)16(14,2)3/h11,14-15,18H,5-10H2,1-4H3,(H,19,20). The van der Waals surface area contributed by atoms with Crippen molar-refractivity contribution in [1.29, 1.82) is 0 Å². The second kappa shape index (κ2) is 4.87. The van der Waals surface area contributed by atoms with Crippen molar-refractivity contribution in [2.24, 2.45) is 16.7 Å². The van der Waals surface area contributed by atoms with E-state index in [0.717, 1.165) is 24.9 Å². The second-order valence-electron chi connectivity index (χ2n) is 7.74.